The lowest BCUT2D eigenvalue weighted by molar-refractivity contribution is -0.137. The summed E-state index contributed by atoms with van der Waals surface area (Å²) >= 11 is 0. The highest BCUT2D eigenvalue weighted by molar-refractivity contribution is 6.09. The Morgan fingerprint density at radius 3 is 2.52 bits per heavy atom. The van der Waals surface area contributed by atoms with Crippen LogP contribution in [0.1, 0.15) is 77.6 Å². The van der Waals surface area contributed by atoms with Crippen LogP contribution in [0.2, 0.25) is 0 Å². The van der Waals surface area contributed by atoms with Crippen molar-refractivity contribution in [3.8, 4) is 0 Å². The van der Waals surface area contributed by atoms with Crippen LogP contribution in [0.4, 0.5) is 0 Å². The summed E-state index contributed by atoms with van der Waals surface area (Å²) in [5.74, 6) is -1.48. The first kappa shape index (κ1) is 21.6. The molecule has 1 fully saturated rings. The molecule has 1 saturated carbocycles. The Bertz CT molecular complexity index is 469. The molecule has 25 heavy (non-hydrogen) atoms. The van der Waals surface area contributed by atoms with Gasteiger partial charge in [0.15, 0.2) is 0 Å². The predicted octanol–water partition coefficient (Wildman–Crippen LogP) is 3.68. The Labute approximate surface area is 150 Å². The third-order valence-electron chi connectivity index (χ3n) is 4.87. The topological polar surface area (TPSA) is 91.7 Å². The van der Waals surface area contributed by atoms with Crippen molar-refractivity contribution in [2.75, 3.05) is 0 Å². The van der Waals surface area contributed by atoms with E-state index in [4.69, 9.17) is 5.11 Å². The van der Waals surface area contributed by atoms with Gasteiger partial charge in [-0.2, -0.15) is 0 Å². The van der Waals surface area contributed by atoms with Gasteiger partial charge in [-0.3, -0.25) is 14.4 Å². The van der Waals surface area contributed by atoms with Gasteiger partial charge >= 0.3 is 5.97 Å². The van der Waals surface area contributed by atoms with Crippen LogP contribution >= 0.6 is 0 Å². The monoisotopic (exact) mass is 352 g/mol. The normalized spacial score (nSPS) is 22.0. The Morgan fingerprint density at radius 1 is 1.12 bits per heavy atom. The van der Waals surface area contributed by atoms with Crippen LogP contribution in [0.25, 0.3) is 0 Å². The zero-order valence-corrected chi connectivity index (χ0v) is 15.3. The number of hydrogen-bond donors (Lipinski definition) is 2. The molecule has 0 aromatic heterocycles. The minimum absolute atomic E-state index is 0.00458. The molecule has 0 aromatic rings. The highest BCUT2D eigenvalue weighted by Crippen LogP contribution is 2.31. The maximum atomic E-state index is 12.1. The molecular formula is C20H32O5. The molecule has 0 spiro atoms. The number of allylic oxidation sites excluding steroid dienone is 1. The zero-order valence-electron chi connectivity index (χ0n) is 15.3. The average Bonchev–Trinajstić information content (AvgIpc) is 2.82. The number of Topliss-reactive ketones (excluding diaryl/α,β-unsaturated/α-hetero) is 2. The van der Waals surface area contributed by atoms with Crippen molar-refractivity contribution >= 4 is 17.5 Å². The number of carbonyl (C=O) groups is 3. The molecule has 0 bridgehead atoms. The van der Waals surface area contributed by atoms with E-state index >= 15 is 0 Å². The van der Waals surface area contributed by atoms with E-state index < -0.39 is 18.0 Å². The average molecular weight is 352 g/mol. The molecule has 0 heterocycles. The summed E-state index contributed by atoms with van der Waals surface area (Å²) in [6, 6.07) is 0. The van der Waals surface area contributed by atoms with E-state index in [1.807, 2.05) is 0 Å². The summed E-state index contributed by atoms with van der Waals surface area (Å²) in [7, 11) is 0. The fraction of sp³-hybridized carbons (Fsp3) is 0.750. The van der Waals surface area contributed by atoms with Crippen LogP contribution in [0, 0.1) is 11.8 Å². The zero-order chi connectivity index (χ0) is 18.7. The van der Waals surface area contributed by atoms with E-state index in [0.717, 1.165) is 38.5 Å². The fourth-order valence-corrected chi connectivity index (χ4v) is 3.37. The van der Waals surface area contributed by atoms with Crippen molar-refractivity contribution < 1.29 is 24.6 Å². The first-order chi connectivity index (χ1) is 12.0. The summed E-state index contributed by atoms with van der Waals surface area (Å²) in [6.45, 7) is 2.11. The van der Waals surface area contributed by atoms with E-state index in [0.29, 0.717) is 19.3 Å². The maximum absolute atomic E-state index is 12.1. The molecule has 0 aliphatic heterocycles. The number of aliphatic hydroxyl groups excluding tert-OH is 1. The third kappa shape index (κ3) is 8.43. The summed E-state index contributed by atoms with van der Waals surface area (Å²) in [5, 5.41) is 18.6. The van der Waals surface area contributed by atoms with Gasteiger partial charge in [0.2, 0.25) is 0 Å². The number of carbonyl (C=O) groups excluding carboxylic acids is 2. The Balaban J connectivity index is 2.40. The molecule has 5 nitrogen and oxygen atoms in total. The van der Waals surface area contributed by atoms with Gasteiger partial charge in [0.1, 0.15) is 11.6 Å². The van der Waals surface area contributed by atoms with E-state index in [9.17, 15) is 19.5 Å². The van der Waals surface area contributed by atoms with Crippen molar-refractivity contribution in [1.29, 1.82) is 0 Å². The van der Waals surface area contributed by atoms with Gasteiger partial charge in [-0.05, 0) is 19.3 Å². The van der Waals surface area contributed by atoms with Crippen LogP contribution in [0.15, 0.2) is 12.2 Å². The first-order valence-corrected chi connectivity index (χ1v) is 9.59. The van der Waals surface area contributed by atoms with E-state index in [1.165, 1.54) is 0 Å². The van der Waals surface area contributed by atoms with Gasteiger partial charge < -0.3 is 10.2 Å². The number of aliphatic carboxylic acids is 1. The number of unbranched alkanes of at least 4 members (excludes halogenated alkanes) is 5. The Kier molecular flexibility index (Phi) is 10.3. The lowest BCUT2D eigenvalue weighted by atomic mass is 9.89. The quantitative estimate of drug-likeness (QED) is 0.300. The van der Waals surface area contributed by atoms with Crippen LogP contribution in [-0.2, 0) is 14.4 Å². The molecular weight excluding hydrogens is 320 g/mol. The maximum Gasteiger partial charge on any atom is 0.303 e. The van der Waals surface area contributed by atoms with E-state index in [2.05, 4.69) is 6.92 Å². The minimum atomic E-state index is -0.778. The molecule has 0 radical (unpaired) electrons. The molecule has 142 valence electrons. The summed E-state index contributed by atoms with van der Waals surface area (Å²) in [5.41, 5.74) is 0. The second-order valence-corrected chi connectivity index (χ2v) is 7.04. The first-order valence-electron chi connectivity index (χ1n) is 9.59. The summed E-state index contributed by atoms with van der Waals surface area (Å²) in [6.07, 6.45) is 10.7. The molecule has 1 aliphatic rings. The number of carboxylic acid groups (broad SMARTS) is 1. The van der Waals surface area contributed by atoms with Gasteiger partial charge in [-0.15, -0.1) is 0 Å². The van der Waals surface area contributed by atoms with Crippen molar-refractivity contribution in [3.05, 3.63) is 12.2 Å². The van der Waals surface area contributed by atoms with Gasteiger partial charge in [0.25, 0.3) is 0 Å². The fourth-order valence-electron chi connectivity index (χ4n) is 3.37. The van der Waals surface area contributed by atoms with Gasteiger partial charge in [0, 0.05) is 18.3 Å². The molecule has 0 unspecified atom stereocenters. The second-order valence-electron chi connectivity index (χ2n) is 7.04. The van der Waals surface area contributed by atoms with Crippen LogP contribution in [0.5, 0.6) is 0 Å². The number of ketones is 2. The van der Waals surface area contributed by atoms with Crippen molar-refractivity contribution in [2.45, 2.75) is 83.7 Å². The van der Waals surface area contributed by atoms with E-state index in [1.54, 1.807) is 12.2 Å². The van der Waals surface area contributed by atoms with Crippen molar-refractivity contribution in [1.82, 2.24) is 0 Å². The largest absolute Gasteiger partial charge is 0.481 e. The van der Waals surface area contributed by atoms with Crippen molar-refractivity contribution in [3.63, 3.8) is 0 Å². The smallest absolute Gasteiger partial charge is 0.303 e. The summed E-state index contributed by atoms with van der Waals surface area (Å²) < 4.78 is 0. The molecule has 3 atom stereocenters. The molecule has 0 aromatic carbocycles. The number of aliphatic hydroxyl groups is 1. The van der Waals surface area contributed by atoms with Crippen LogP contribution < -0.4 is 0 Å². The second kappa shape index (κ2) is 12.0. The van der Waals surface area contributed by atoms with Gasteiger partial charge in [0.05, 0.1) is 12.5 Å². The SMILES string of the molecule is CCCCC[C@@H](O)/C=C/[C@@H]1C(=O)CC(=O)[C@@H]1CCCCCCC(=O)O. The molecule has 0 saturated heterocycles. The van der Waals surface area contributed by atoms with E-state index in [-0.39, 0.29) is 30.3 Å². The standard InChI is InChI=1S/C20H32O5/c1-2-3-6-9-15(21)12-13-17-16(18(22)14-19(17)23)10-7-4-5-8-11-20(24)25/h12-13,15-17,21H,2-11,14H2,1H3,(H,24,25)/b13-12+/t15-,16-,17+/m1/s1. The molecule has 1 aliphatic carbocycles. The van der Waals surface area contributed by atoms with Gasteiger partial charge in [-0.25, -0.2) is 0 Å². The Morgan fingerprint density at radius 2 is 1.84 bits per heavy atom. The van der Waals surface area contributed by atoms with Crippen molar-refractivity contribution in [2.24, 2.45) is 11.8 Å². The lowest BCUT2D eigenvalue weighted by Crippen LogP contribution is -2.16. The number of carboxylic acids is 1. The third-order valence-corrected chi connectivity index (χ3v) is 4.87. The number of rotatable bonds is 13. The molecule has 5 heteroatoms. The number of hydrogen-bond acceptors (Lipinski definition) is 4. The lowest BCUT2D eigenvalue weighted by Gasteiger charge is -2.14. The van der Waals surface area contributed by atoms with Gasteiger partial charge in [-0.1, -0.05) is 57.6 Å². The molecule has 2 N–H and O–H groups in total. The molecule has 0 amide bonds. The van der Waals surface area contributed by atoms with Crippen LogP contribution in [0.3, 0.4) is 0 Å². The predicted molar refractivity (Wildman–Crippen MR) is 96.2 cm³/mol. The minimum Gasteiger partial charge on any atom is -0.481 e. The summed E-state index contributed by atoms with van der Waals surface area (Å²) in [4.78, 5) is 34.6. The highest BCUT2D eigenvalue weighted by atomic mass is 16.4. The van der Waals surface area contributed by atoms with Crippen LogP contribution in [-0.4, -0.2) is 33.9 Å². The highest BCUT2D eigenvalue weighted by Gasteiger charge is 2.39. The Hall–Kier alpha value is -1.49. The molecule has 1 rings (SSSR count).